The Balaban J connectivity index is 1.37. The molecule has 6 heteroatoms. The summed E-state index contributed by atoms with van der Waals surface area (Å²) in [6.45, 7) is 9.71. The van der Waals surface area contributed by atoms with Gasteiger partial charge in [-0.15, -0.1) is 0 Å². The van der Waals surface area contributed by atoms with E-state index >= 15 is 0 Å². The van der Waals surface area contributed by atoms with E-state index in [-0.39, 0.29) is 11.8 Å². The van der Waals surface area contributed by atoms with Crippen molar-refractivity contribution in [1.29, 1.82) is 0 Å². The van der Waals surface area contributed by atoms with E-state index in [4.69, 9.17) is 0 Å². The second-order valence-corrected chi connectivity index (χ2v) is 11.7. The van der Waals surface area contributed by atoms with Gasteiger partial charge in [-0.25, -0.2) is 0 Å². The molecular formula is C32H37N3O2S. The Hall–Kier alpha value is -3.09. The van der Waals surface area contributed by atoms with Crippen LogP contribution in [0.1, 0.15) is 70.0 Å². The zero-order valence-corrected chi connectivity index (χ0v) is 23.4. The molecule has 0 aliphatic carbocycles. The number of amides is 2. The van der Waals surface area contributed by atoms with Crippen LogP contribution in [0.5, 0.6) is 0 Å². The lowest BCUT2D eigenvalue weighted by Crippen LogP contribution is -2.39. The highest BCUT2D eigenvalue weighted by molar-refractivity contribution is 7.99. The summed E-state index contributed by atoms with van der Waals surface area (Å²) in [4.78, 5) is 33.3. The monoisotopic (exact) mass is 527 g/mol. The zero-order chi connectivity index (χ0) is 26.6. The van der Waals surface area contributed by atoms with Gasteiger partial charge in [-0.3, -0.25) is 9.59 Å². The molecule has 5 nitrogen and oxygen atoms in total. The highest BCUT2D eigenvalue weighted by atomic mass is 32.2. The SMILES string of the molecule is Cc1ccc(C)c(CN2C(=O)c3ccccc3Sc3ccc(C(=O)NCCCN4CCCCC4C)cc32)c1. The number of hydrogen-bond donors (Lipinski definition) is 1. The van der Waals surface area contributed by atoms with Crippen molar-refractivity contribution in [2.75, 3.05) is 24.5 Å². The molecule has 38 heavy (non-hydrogen) atoms. The number of aryl methyl sites for hydroxylation is 2. The summed E-state index contributed by atoms with van der Waals surface area (Å²) in [6.07, 6.45) is 4.79. The molecule has 0 saturated carbocycles. The molecule has 2 amide bonds. The first-order valence-corrected chi connectivity index (χ1v) is 14.5. The number of likely N-dealkylation sites (tertiary alicyclic amines) is 1. The standard InChI is InChI=1S/C32H37N3O2S/c1-22-12-13-23(2)26(19-22)21-35-28-20-25(31(36)33-16-8-18-34-17-7-6-9-24(34)3)14-15-30(28)38-29-11-5-4-10-27(29)32(35)37/h4-5,10-15,19-20,24H,6-9,16-18,21H2,1-3H3,(H,33,36). The van der Waals surface area contributed by atoms with E-state index in [9.17, 15) is 9.59 Å². The first-order chi connectivity index (χ1) is 18.4. The number of hydrogen-bond acceptors (Lipinski definition) is 4. The van der Waals surface area contributed by atoms with E-state index in [0.717, 1.165) is 51.7 Å². The molecule has 1 N–H and O–H groups in total. The number of anilines is 1. The Morgan fingerprint density at radius 1 is 1.03 bits per heavy atom. The van der Waals surface area contributed by atoms with Gasteiger partial charge >= 0.3 is 0 Å². The van der Waals surface area contributed by atoms with E-state index in [1.807, 2.05) is 47.4 Å². The van der Waals surface area contributed by atoms with Crippen molar-refractivity contribution in [2.24, 2.45) is 0 Å². The van der Waals surface area contributed by atoms with Gasteiger partial charge in [0.1, 0.15) is 0 Å². The Morgan fingerprint density at radius 3 is 2.71 bits per heavy atom. The Bertz CT molecular complexity index is 1340. The average Bonchev–Trinajstić information content (AvgIpc) is 3.03. The van der Waals surface area contributed by atoms with Crippen molar-refractivity contribution in [1.82, 2.24) is 10.2 Å². The van der Waals surface area contributed by atoms with Gasteiger partial charge in [0, 0.05) is 34.5 Å². The molecule has 2 heterocycles. The van der Waals surface area contributed by atoms with E-state index in [0.29, 0.717) is 30.3 Å². The number of benzene rings is 3. The van der Waals surface area contributed by atoms with E-state index in [1.54, 1.807) is 11.8 Å². The quantitative estimate of drug-likeness (QED) is 0.351. The lowest BCUT2D eigenvalue weighted by molar-refractivity contribution is 0.0945. The fourth-order valence-corrected chi connectivity index (χ4v) is 6.49. The molecule has 1 saturated heterocycles. The second kappa shape index (κ2) is 11.7. The molecule has 3 aromatic rings. The van der Waals surface area contributed by atoms with Crippen LogP contribution in [0, 0.1) is 13.8 Å². The van der Waals surface area contributed by atoms with Gasteiger partial charge in [-0.05, 0) is 88.0 Å². The molecule has 3 aromatic carbocycles. The van der Waals surface area contributed by atoms with Gasteiger partial charge in [-0.1, -0.05) is 54.1 Å². The summed E-state index contributed by atoms with van der Waals surface area (Å²) in [7, 11) is 0. The van der Waals surface area contributed by atoms with Crippen LogP contribution in [-0.4, -0.2) is 42.4 Å². The first kappa shape index (κ1) is 26.5. The minimum absolute atomic E-state index is 0.0408. The molecule has 2 aliphatic rings. The maximum Gasteiger partial charge on any atom is 0.259 e. The van der Waals surface area contributed by atoms with Gasteiger partial charge in [0.2, 0.25) is 0 Å². The van der Waals surface area contributed by atoms with Gasteiger partial charge in [-0.2, -0.15) is 0 Å². The summed E-state index contributed by atoms with van der Waals surface area (Å²) in [5.41, 5.74) is 5.47. The molecule has 0 bridgehead atoms. The van der Waals surface area contributed by atoms with Crippen molar-refractivity contribution >= 4 is 29.3 Å². The zero-order valence-electron chi connectivity index (χ0n) is 22.6. The molecule has 198 valence electrons. The number of carbonyl (C=O) groups excluding carboxylic acids is 2. The normalized spacial score (nSPS) is 17.5. The molecular weight excluding hydrogens is 490 g/mol. The van der Waals surface area contributed by atoms with Crippen LogP contribution >= 0.6 is 11.8 Å². The van der Waals surface area contributed by atoms with Crippen molar-refractivity contribution in [3.63, 3.8) is 0 Å². The Kier molecular flexibility index (Phi) is 8.20. The van der Waals surface area contributed by atoms with Crippen LogP contribution in [0.25, 0.3) is 0 Å². The summed E-state index contributed by atoms with van der Waals surface area (Å²) < 4.78 is 0. The van der Waals surface area contributed by atoms with Crippen molar-refractivity contribution in [3.8, 4) is 0 Å². The van der Waals surface area contributed by atoms with E-state index < -0.39 is 0 Å². The van der Waals surface area contributed by atoms with Crippen LogP contribution < -0.4 is 10.2 Å². The number of fused-ring (bicyclic) bond motifs is 2. The number of carbonyl (C=O) groups is 2. The van der Waals surface area contributed by atoms with Crippen LogP contribution in [0.15, 0.2) is 70.5 Å². The molecule has 1 unspecified atom stereocenters. The van der Waals surface area contributed by atoms with E-state index in [1.165, 1.54) is 19.3 Å². The van der Waals surface area contributed by atoms with Crippen LogP contribution in [0.4, 0.5) is 5.69 Å². The maximum atomic E-state index is 13.9. The number of nitrogens with one attached hydrogen (secondary N) is 1. The Morgan fingerprint density at radius 2 is 1.87 bits per heavy atom. The summed E-state index contributed by atoms with van der Waals surface area (Å²) in [5.74, 6) is -0.133. The lowest BCUT2D eigenvalue weighted by atomic mass is 10.0. The van der Waals surface area contributed by atoms with Gasteiger partial charge in [0.15, 0.2) is 0 Å². The predicted octanol–water partition coefficient (Wildman–Crippen LogP) is 6.61. The minimum atomic E-state index is -0.0922. The number of rotatable bonds is 7. The Labute approximate surface area is 230 Å². The fourth-order valence-electron chi connectivity index (χ4n) is 5.44. The second-order valence-electron chi connectivity index (χ2n) is 10.6. The third-order valence-electron chi connectivity index (χ3n) is 7.78. The van der Waals surface area contributed by atoms with Crippen molar-refractivity contribution in [3.05, 3.63) is 88.5 Å². The molecule has 5 rings (SSSR count). The predicted molar refractivity (Wildman–Crippen MR) is 155 cm³/mol. The molecule has 1 atom stereocenters. The molecule has 2 aliphatic heterocycles. The summed E-state index contributed by atoms with van der Waals surface area (Å²) >= 11 is 1.59. The third-order valence-corrected chi connectivity index (χ3v) is 8.92. The average molecular weight is 528 g/mol. The van der Waals surface area contributed by atoms with E-state index in [2.05, 4.69) is 49.2 Å². The smallest absolute Gasteiger partial charge is 0.259 e. The fraction of sp³-hybridized carbons (Fsp3) is 0.375. The largest absolute Gasteiger partial charge is 0.352 e. The maximum absolute atomic E-state index is 13.9. The van der Waals surface area contributed by atoms with Gasteiger partial charge < -0.3 is 15.1 Å². The topological polar surface area (TPSA) is 52.7 Å². The lowest BCUT2D eigenvalue weighted by Gasteiger charge is -2.33. The number of nitrogens with zero attached hydrogens (tertiary/aromatic N) is 2. The first-order valence-electron chi connectivity index (χ1n) is 13.7. The van der Waals surface area contributed by atoms with Crippen molar-refractivity contribution < 1.29 is 9.59 Å². The molecule has 0 radical (unpaired) electrons. The highest BCUT2D eigenvalue weighted by Gasteiger charge is 2.28. The highest BCUT2D eigenvalue weighted by Crippen LogP contribution is 2.42. The number of piperidine rings is 1. The van der Waals surface area contributed by atoms with Crippen LogP contribution in [0.2, 0.25) is 0 Å². The third kappa shape index (κ3) is 5.82. The van der Waals surface area contributed by atoms with Crippen molar-refractivity contribution in [2.45, 2.75) is 68.8 Å². The molecule has 1 fully saturated rings. The molecule has 0 aromatic heterocycles. The summed E-state index contributed by atoms with van der Waals surface area (Å²) in [5, 5.41) is 3.11. The van der Waals surface area contributed by atoms with Crippen LogP contribution in [-0.2, 0) is 6.54 Å². The van der Waals surface area contributed by atoms with Gasteiger partial charge in [0.05, 0.1) is 17.8 Å². The minimum Gasteiger partial charge on any atom is -0.352 e. The van der Waals surface area contributed by atoms with Gasteiger partial charge in [0.25, 0.3) is 11.8 Å². The molecule has 0 spiro atoms. The van der Waals surface area contributed by atoms with Crippen LogP contribution in [0.3, 0.4) is 0 Å². The summed E-state index contributed by atoms with van der Waals surface area (Å²) in [6, 6.07) is 20.5.